The molecule has 8 heavy (non-hydrogen) atoms. The van der Waals surface area contributed by atoms with Crippen LogP contribution in [0.15, 0.2) is 4.99 Å². The molecule has 0 amide bonds. The summed E-state index contributed by atoms with van der Waals surface area (Å²) in [4.78, 5) is 13.4. The van der Waals surface area contributed by atoms with Crippen LogP contribution in [0.3, 0.4) is 0 Å². The van der Waals surface area contributed by atoms with Crippen LogP contribution in [0.4, 0.5) is 0 Å². The molecule has 3 nitrogen and oxygen atoms in total. The molecule has 1 N–H and O–H groups in total. The van der Waals surface area contributed by atoms with Crippen LogP contribution in [0.5, 0.6) is 0 Å². The SMILES string of the molecule is O=C[C@H](CO)/N=C/P. The summed E-state index contributed by atoms with van der Waals surface area (Å²) >= 11 is 0. The average Bonchev–Trinajstić information content (AvgIpc) is 1.83. The molecule has 0 saturated heterocycles. The van der Waals surface area contributed by atoms with Crippen LogP contribution in [0, 0.1) is 0 Å². The van der Waals surface area contributed by atoms with Gasteiger partial charge in [0.25, 0.3) is 0 Å². The van der Waals surface area contributed by atoms with E-state index < -0.39 is 6.04 Å². The van der Waals surface area contributed by atoms with Gasteiger partial charge in [0.2, 0.25) is 0 Å². The molecule has 0 aliphatic heterocycles. The monoisotopic (exact) mass is 133 g/mol. The zero-order valence-electron chi connectivity index (χ0n) is 4.32. The molecule has 0 aromatic carbocycles. The summed E-state index contributed by atoms with van der Waals surface area (Å²) in [7, 11) is 2.22. The molecule has 0 aromatic rings. The Hall–Kier alpha value is -0.270. The summed E-state index contributed by atoms with van der Waals surface area (Å²) < 4.78 is 0. The first kappa shape index (κ1) is 7.73. The van der Waals surface area contributed by atoms with E-state index in [0.29, 0.717) is 6.29 Å². The lowest BCUT2D eigenvalue weighted by molar-refractivity contribution is -0.109. The lowest BCUT2D eigenvalue weighted by Gasteiger charge is -1.94. The average molecular weight is 133 g/mol. The third-order valence-electron chi connectivity index (χ3n) is 0.622. The van der Waals surface area contributed by atoms with Crippen LogP contribution in [0.1, 0.15) is 0 Å². The van der Waals surface area contributed by atoms with Crippen LogP contribution in [-0.2, 0) is 4.79 Å². The van der Waals surface area contributed by atoms with Gasteiger partial charge >= 0.3 is 0 Å². The fourth-order valence-electron chi connectivity index (χ4n) is 0.236. The van der Waals surface area contributed by atoms with E-state index in [-0.39, 0.29) is 6.61 Å². The van der Waals surface area contributed by atoms with Crippen LogP contribution in [-0.4, -0.2) is 30.0 Å². The van der Waals surface area contributed by atoms with Crippen molar-refractivity contribution in [3.8, 4) is 0 Å². The summed E-state index contributed by atoms with van der Waals surface area (Å²) in [6.07, 6.45) is 0.598. The van der Waals surface area contributed by atoms with E-state index in [1.54, 1.807) is 0 Å². The molecule has 0 aliphatic rings. The normalized spacial score (nSPS) is 14.2. The highest BCUT2D eigenvalue weighted by Gasteiger charge is 1.97. The summed E-state index contributed by atoms with van der Waals surface area (Å²) in [5, 5.41) is 8.30. The van der Waals surface area contributed by atoms with Crippen molar-refractivity contribution in [1.82, 2.24) is 0 Å². The van der Waals surface area contributed by atoms with Gasteiger partial charge in [0.05, 0.1) is 6.61 Å². The molecule has 0 aromatic heterocycles. The summed E-state index contributed by atoms with van der Waals surface area (Å²) in [5.74, 6) is 1.41. The molecule has 0 radical (unpaired) electrons. The van der Waals surface area contributed by atoms with Crippen molar-refractivity contribution in [3.05, 3.63) is 0 Å². The Morgan fingerprint density at radius 3 is 2.62 bits per heavy atom. The van der Waals surface area contributed by atoms with Crippen molar-refractivity contribution in [2.75, 3.05) is 6.61 Å². The van der Waals surface area contributed by atoms with Crippen molar-refractivity contribution >= 4 is 21.5 Å². The van der Waals surface area contributed by atoms with Gasteiger partial charge in [0.15, 0.2) is 0 Å². The summed E-state index contributed by atoms with van der Waals surface area (Å²) in [6.45, 7) is -0.214. The van der Waals surface area contributed by atoms with E-state index in [2.05, 4.69) is 14.2 Å². The third kappa shape index (κ3) is 2.83. The molecule has 2 atom stereocenters. The van der Waals surface area contributed by atoms with Crippen molar-refractivity contribution in [1.29, 1.82) is 0 Å². The molecule has 4 heteroatoms. The first-order valence-corrected chi connectivity index (χ1v) is 2.81. The molecular weight excluding hydrogens is 125 g/mol. The molecule has 0 aliphatic carbocycles. The van der Waals surface area contributed by atoms with E-state index in [9.17, 15) is 4.79 Å². The smallest absolute Gasteiger partial charge is 0.146 e. The number of nitrogens with zero attached hydrogens (tertiary/aromatic N) is 1. The van der Waals surface area contributed by atoms with E-state index >= 15 is 0 Å². The zero-order chi connectivity index (χ0) is 6.41. The maximum atomic E-state index is 9.84. The van der Waals surface area contributed by atoms with E-state index in [1.807, 2.05) is 0 Å². The summed E-state index contributed by atoms with van der Waals surface area (Å²) in [6, 6.07) is -0.576. The first-order valence-electron chi connectivity index (χ1n) is 2.14. The number of carbonyl (C=O) groups excluding carboxylic acids is 1. The number of rotatable bonds is 3. The van der Waals surface area contributed by atoms with Crippen LogP contribution < -0.4 is 0 Å². The van der Waals surface area contributed by atoms with Crippen LogP contribution >= 0.6 is 9.24 Å². The second kappa shape index (κ2) is 4.88. The highest BCUT2D eigenvalue weighted by Crippen LogP contribution is 1.83. The van der Waals surface area contributed by atoms with Gasteiger partial charge in [-0.1, -0.05) is 9.24 Å². The van der Waals surface area contributed by atoms with E-state index in [1.165, 1.54) is 5.96 Å². The number of carbonyl (C=O) groups is 1. The number of aliphatic imine (C=N–C) groups is 1. The fourth-order valence-corrected chi connectivity index (χ4v) is 0.457. The predicted octanol–water partition coefficient (Wildman–Crippen LogP) is -0.550. The number of aliphatic hydroxyl groups is 1. The fraction of sp³-hybridized carbons (Fsp3) is 0.500. The van der Waals surface area contributed by atoms with Crippen molar-refractivity contribution in [2.45, 2.75) is 6.04 Å². The Kier molecular flexibility index (Phi) is 4.71. The lowest BCUT2D eigenvalue weighted by atomic mass is 10.4. The molecule has 0 heterocycles. The third-order valence-corrected chi connectivity index (χ3v) is 0.794. The molecule has 0 fully saturated rings. The molecule has 0 bridgehead atoms. The van der Waals surface area contributed by atoms with Gasteiger partial charge in [0, 0.05) is 5.96 Å². The van der Waals surface area contributed by atoms with Gasteiger partial charge in [-0.3, -0.25) is 4.99 Å². The molecule has 0 spiro atoms. The Morgan fingerprint density at radius 2 is 2.50 bits per heavy atom. The van der Waals surface area contributed by atoms with E-state index in [0.717, 1.165) is 0 Å². The minimum atomic E-state index is -0.576. The maximum Gasteiger partial charge on any atom is 0.146 e. The lowest BCUT2D eigenvalue weighted by Crippen LogP contribution is -2.10. The van der Waals surface area contributed by atoms with Gasteiger partial charge in [-0.25, -0.2) is 0 Å². The Balaban J connectivity index is 3.52. The van der Waals surface area contributed by atoms with Crippen LogP contribution in [0.25, 0.3) is 0 Å². The first-order chi connectivity index (χ1) is 3.85. The van der Waals surface area contributed by atoms with Gasteiger partial charge < -0.3 is 9.90 Å². The van der Waals surface area contributed by atoms with E-state index in [4.69, 9.17) is 5.11 Å². The zero-order valence-corrected chi connectivity index (χ0v) is 5.47. The standard InChI is InChI=1S/C4H8NO2P/c6-1-4(2-7)5-3-8/h1,3-4,7H,2,8H2/b5-3+/t4-/m1/s1. The molecule has 1 unspecified atom stereocenters. The van der Waals surface area contributed by atoms with Gasteiger partial charge in [-0.2, -0.15) is 0 Å². The second-order valence-electron chi connectivity index (χ2n) is 1.18. The molecule has 0 saturated carbocycles. The van der Waals surface area contributed by atoms with Crippen molar-refractivity contribution < 1.29 is 9.90 Å². The minimum absolute atomic E-state index is 0.214. The van der Waals surface area contributed by atoms with Crippen molar-refractivity contribution in [3.63, 3.8) is 0 Å². The number of hydrogen-bond acceptors (Lipinski definition) is 3. The van der Waals surface area contributed by atoms with Gasteiger partial charge in [0.1, 0.15) is 12.3 Å². The predicted molar refractivity (Wildman–Crippen MR) is 35.1 cm³/mol. The minimum Gasteiger partial charge on any atom is -0.394 e. The van der Waals surface area contributed by atoms with Crippen molar-refractivity contribution in [2.24, 2.45) is 4.99 Å². The number of hydrogen-bond donors (Lipinski definition) is 1. The molecular formula is C4H8NO2P. The van der Waals surface area contributed by atoms with Gasteiger partial charge in [-0.05, 0) is 0 Å². The quantitative estimate of drug-likeness (QED) is 0.319. The highest BCUT2D eigenvalue weighted by atomic mass is 31.0. The Morgan fingerprint density at radius 1 is 1.88 bits per heavy atom. The van der Waals surface area contributed by atoms with Crippen LogP contribution in [0.2, 0.25) is 0 Å². The maximum absolute atomic E-state index is 9.84. The summed E-state index contributed by atoms with van der Waals surface area (Å²) in [5.41, 5.74) is 0. The number of aldehydes is 1. The second-order valence-corrected chi connectivity index (χ2v) is 1.48. The Bertz CT molecular complexity index is 94.0. The molecule has 0 rings (SSSR count). The van der Waals surface area contributed by atoms with Gasteiger partial charge in [-0.15, -0.1) is 0 Å². The Labute approximate surface area is 50.0 Å². The molecule has 46 valence electrons. The highest BCUT2D eigenvalue weighted by molar-refractivity contribution is 7.36. The largest absolute Gasteiger partial charge is 0.394 e. The number of aliphatic hydroxyl groups excluding tert-OH is 1. The topological polar surface area (TPSA) is 49.7 Å².